The number of benzene rings is 1. The first-order chi connectivity index (χ1) is 11.0. The molecule has 1 aromatic carbocycles. The molecular weight excluding hydrogens is 294 g/mol. The van der Waals surface area contributed by atoms with E-state index in [1.54, 1.807) is 25.1 Å². The van der Waals surface area contributed by atoms with E-state index in [1.807, 2.05) is 6.07 Å². The number of amides is 4. The van der Waals surface area contributed by atoms with E-state index in [0.717, 1.165) is 18.4 Å². The van der Waals surface area contributed by atoms with Crippen LogP contribution in [0.25, 0.3) is 0 Å². The Labute approximate surface area is 134 Å². The Kier molecular flexibility index (Phi) is 3.67. The number of nitrogens with zero attached hydrogens (tertiary/aromatic N) is 1. The van der Waals surface area contributed by atoms with Crippen LogP contribution in [0.15, 0.2) is 36.9 Å². The third-order valence-corrected chi connectivity index (χ3v) is 4.43. The second kappa shape index (κ2) is 5.53. The minimum absolute atomic E-state index is 0.211. The van der Waals surface area contributed by atoms with Crippen molar-refractivity contribution in [1.82, 2.24) is 10.6 Å². The fourth-order valence-corrected chi connectivity index (χ4v) is 2.89. The second-order valence-electron chi connectivity index (χ2n) is 6.14. The van der Waals surface area contributed by atoms with Gasteiger partial charge < -0.3 is 10.6 Å². The smallest absolute Gasteiger partial charge is 0.329 e. The maximum absolute atomic E-state index is 12.7. The van der Waals surface area contributed by atoms with Gasteiger partial charge in [0.2, 0.25) is 5.91 Å². The SMILES string of the molecule is C=CC(=O)NCc1cccc(N2C(=O)NC(C)(C3CC3)C2=O)c1. The lowest BCUT2D eigenvalue weighted by Crippen LogP contribution is -2.46. The van der Waals surface area contributed by atoms with Gasteiger partial charge in [-0.25, -0.2) is 9.69 Å². The number of rotatable bonds is 5. The molecule has 1 aromatic rings. The average molecular weight is 313 g/mol. The molecule has 1 saturated heterocycles. The highest BCUT2D eigenvalue weighted by Crippen LogP contribution is 2.43. The fraction of sp³-hybridized carbons (Fsp3) is 0.353. The molecule has 120 valence electrons. The second-order valence-corrected chi connectivity index (χ2v) is 6.14. The van der Waals surface area contributed by atoms with Gasteiger partial charge in [0, 0.05) is 6.54 Å². The van der Waals surface area contributed by atoms with Crippen LogP contribution >= 0.6 is 0 Å². The first-order valence-corrected chi connectivity index (χ1v) is 7.61. The largest absolute Gasteiger partial charge is 0.348 e. The molecule has 2 aliphatic rings. The van der Waals surface area contributed by atoms with E-state index >= 15 is 0 Å². The highest BCUT2D eigenvalue weighted by Gasteiger charge is 2.56. The third-order valence-electron chi connectivity index (χ3n) is 4.43. The lowest BCUT2D eigenvalue weighted by Gasteiger charge is -2.21. The Hall–Kier alpha value is -2.63. The lowest BCUT2D eigenvalue weighted by molar-refractivity contribution is -0.122. The Morgan fingerprint density at radius 2 is 2.22 bits per heavy atom. The molecule has 0 spiro atoms. The van der Waals surface area contributed by atoms with Gasteiger partial charge >= 0.3 is 6.03 Å². The molecular formula is C17H19N3O3. The molecule has 0 bridgehead atoms. The number of urea groups is 1. The molecule has 1 unspecified atom stereocenters. The van der Waals surface area contributed by atoms with E-state index < -0.39 is 11.6 Å². The molecule has 23 heavy (non-hydrogen) atoms. The van der Waals surface area contributed by atoms with Gasteiger partial charge in [-0.2, -0.15) is 0 Å². The lowest BCUT2D eigenvalue weighted by atomic mass is 9.96. The number of hydrogen-bond donors (Lipinski definition) is 2. The third kappa shape index (κ3) is 2.72. The quantitative estimate of drug-likeness (QED) is 0.641. The van der Waals surface area contributed by atoms with E-state index in [1.165, 1.54) is 11.0 Å². The molecule has 0 aromatic heterocycles. The predicted molar refractivity (Wildman–Crippen MR) is 85.6 cm³/mol. The molecule has 0 radical (unpaired) electrons. The molecule has 4 amide bonds. The van der Waals surface area contributed by atoms with Crippen molar-refractivity contribution in [3.8, 4) is 0 Å². The molecule has 1 aliphatic heterocycles. The van der Waals surface area contributed by atoms with E-state index in [9.17, 15) is 14.4 Å². The summed E-state index contributed by atoms with van der Waals surface area (Å²) in [7, 11) is 0. The summed E-state index contributed by atoms with van der Waals surface area (Å²) in [6.07, 6.45) is 3.12. The van der Waals surface area contributed by atoms with Crippen LogP contribution in [0.3, 0.4) is 0 Å². The molecule has 1 saturated carbocycles. The molecule has 6 nitrogen and oxygen atoms in total. The van der Waals surface area contributed by atoms with Gasteiger partial charge in [0.15, 0.2) is 0 Å². The standard InChI is InChI=1S/C17H19N3O3/c1-3-14(21)18-10-11-5-4-6-13(9-11)20-15(22)17(2,12-7-8-12)19-16(20)23/h3-6,9,12H,1,7-8,10H2,2H3,(H,18,21)(H,19,23). The Balaban J connectivity index is 1.81. The van der Waals surface area contributed by atoms with E-state index in [2.05, 4.69) is 17.2 Å². The maximum atomic E-state index is 12.7. The van der Waals surface area contributed by atoms with Crippen LogP contribution in [0.1, 0.15) is 25.3 Å². The number of anilines is 1. The molecule has 2 fully saturated rings. The van der Waals surface area contributed by atoms with Crippen molar-refractivity contribution < 1.29 is 14.4 Å². The normalized spacial score (nSPS) is 23.6. The topological polar surface area (TPSA) is 78.5 Å². The predicted octanol–water partition coefficient (Wildman–Crippen LogP) is 1.71. The summed E-state index contributed by atoms with van der Waals surface area (Å²) in [5.41, 5.74) is 0.519. The summed E-state index contributed by atoms with van der Waals surface area (Å²) in [6.45, 7) is 5.49. The number of carbonyl (C=O) groups excluding carboxylic acids is 3. The molecule has 1 heterocycles. The van der Waals surface area contributed by atoms with E-state index in [4.69, 9.17) is 0 Å². The molecule has 2 N–H and O–H groups in total. The summed E-state index contributed by atoms with van der Waals surface area (Å²) >= 11 is 0. The molecule has 3 rings (SSSR count). The Morgan fingerprint density at radius 3 is 2.87 bits per heavy atom. The van der Waals surface area contributed by atoms with Crippen molar-refractivity contribution in [3.05, 3.63) is 42.5 Å². The average Bonchev–Trinajstić information content (AvgIpc) is 3.35. The van der Waals surface area contributed by atoms with Crippen LogP contribution in [0, 0.1) is 5.92 Å². The summed E-state index contributed by atoms with van der Waals surface area (Å²) in [5.74, 6) is -0.261. The summed E-state index contributed by atoms with van der Waals surface area (Å²) in [4.78, 5) is 37.4. The number of nitrogens with one attached hydrogen (secondary N) is 2. The zero-order valence-electron chi connectivity index (χ0n) is 13.0. The van der Waals surface area contributed by atoms with Crippen molar-refractivity contribution in [2.24, 2.45) is 5.92 Å². The van der Waals surface area contributed by atoms with Crippen molar-refractivity contribution >= 4 is 23.5 Å². The zero-order valence-corrected chi connectivity index (χ0v) is 13.0. The van der Waals surface area contributed by atoms with Crippen LogP contribution < -0.4 is 15.5 Å². The Morgan fingerprint density at radius 1 is 1.48 bits per heavy atom. The van der Waals surface area contributed by atoms with Crippen molar-refractivity contribution in [2.75, 3.05) is 4.90 Å². The van der Waals surface area contributed by atoms with Crippen LogP contribution in [-0.4, -0.2) is 23.4 Å². The first-order valence-electron chi connectivity index (χ1n) is 7.61. The minimum Gasteiger partial charge on any atom is -0.348 e. The monoisotopic (exact) mass is 313 g/mol. The van der Waals surface area contributed by atoms with Crippen molar-refractivity contribution in [1.29, 1.82) is 0 Å². The van der Waals surface area contributed by atoms with Gasteiger partial charge in [0.1, 0.15) is 5.54 Å². The van der Waals surface area contributed by atoms with Gasteiger partial charge in [-0.05, 0) is 49.5 Å². The number of imide groups is 1. The summed E-state index contributed by atoms with van der Waals surface area (Å²) in [6, 6.07) is 6.65. The van der Waals surface area contributed by atoms with Crippen LogP contribution in [0.2, 0.25) is 0 Å². The van der Waals surface area contributed by atoms with Crippen LogP contribution in [0.4, 0.5) is 10.5 Å². The van der Waals surface area contributed by atoms with Crippen LogP contribution in [0.5, 0.6) is 0 Å². The maximum Gasteiger partial charge on any atom is 0.329 e. The van der Waals surface area contributed by atoms with Gasteiger partial charge in [-0.1, -0.05) is 18.7 Å². The first kappa shape index (κ1) is 15.3. The fourth-order valence-electron chi connectivity index (χ4n) is 2.89. The van der Waals surface area contributed by atoms with Gasteiger partial charge in [-0.15, -0.1) is 0 Å². The molecule has 1 aliphatic carbocycles. The van der Waals surface area contributed by atoms with Crippen molar-refractivity contribution in [3.63, 3.8) is 0 Å². The number of hydrogen-bond acceptors (Lipinski definition) is 3. The Bertz CT molecular complexity index is 696. The number of carbonyl (C=O) groups is 3. The summed E-state index contributed by atoms with van der Waals surface area (Å²) < 4.78 is 0. The summed E-state index contributed by atoms with van der Waals surface area (Å²) in [5, 5.41) is 5.50. The van der Waals surface area contributed by atoms with Crippen LogP contribution in [-0.2, 0) is 16.1 Å². The highest BCUT2D eigenvalue weighted by molar-refractivity contribution is 6.23. The van der Waals surface area contributed by atoms with E-state index in [0.29, 0.717) is 12.2 Å². The van der Waals surface area contributed by atoms with Crippen molar-refractivity contribution in [2.45, 2.75) is 31.8 Å². The molecule has 1 atom stereocenters. The molecule has 6 heteroatoms. The highest BCUT2D eigenvalue weighted by atomic mass is 16.2. The van der Waals surface area contributed by atoms with E-state index in [-0.39, 0.29) is 17.7 Å². The van der Waals surface area contributed by atoms with Gasteiger partial charge in [0.25, 0.3) is 5.91 Å². The zero-order chi connectivity index (χ0) is 16.6. The minimum atomic E-state index is -0.801. The van der Waals surface area contributed by atoms with Gasteiger partial charge in [0.05, 0.1) is 5.69 Å². The van der Waals surface area contributed by atoms with Gasteiger partial charge in [-0.3, -0.25) is 9.59 Å².